The molecule has 1 aromatic carbocycles. The average Bonchev–Trinajstić information content (AvgIpc) is 3.00. The summed E-state index contributed by atoms with van der Waals surface area (Å²) in [7, 11) is 0. The van der Waals surface area contributed by atoms with Crippen LogP contribution < -0.4 is 11.4 Å². The Morgan fingerprint density at radius 1 is 1.27 bits per heavy atom. The Bertz CT molecular complexity index is 977. The van der Waals surface area contributed by atoms with Gasteiger partial charge in [-0.2, -0.15) is 4.98 Å². The topological polar surface area (TPSA) is 102 Å². The van der Waals surface area contributed by atoms with Crippen molar-refractivity contribution in [1.29, 1.82) is 0 Å². The number of aliphatic imine (C=N–C) groups is 1. The molecule has 0 unspecified atom stereocenters. The quantitative estimate of drug-likeness (QED) is 0.267. The van der Waals surface area contributed by atoms with Crippen molar-refractivity contribution in [2.75, 3.05) is 0 Å². The molecule has 0 saturated heterocycles. The molecule has 0 aliphatic heterocycles. The molecular weight excluding hydrogens is 396 g/mol. The highest BCUT2D eigenvalue weighted by Gasteiger charge is 2.14. The first kappa shape index (κ1) is 18.3. The van der Waals surface area contributed by atoms with Crippen LogP contribution in [0.4, 0.5) is 5.82 Å². The smallest absolute Gasteiger partial charge is 0.351 e. The number of unbranched alkanes of at least 4 members (excludes halogenated alkanes) is 2. The number of hydrogen-bond donors (Lipinski definition) is 2. The number of aromatic nitrogens is 4. The van der Waals surface area contributed by atoms with Crippen molar-refractivity contribution in [3.63, 3.8) is 0 Å². The zero-order chi connectivity index (χ0) is 18.5. The van der Waals surface area contributed by atoms with Gasteiger partial charge in [-0.3, -0.25) is 4.57 Å². The van der Waals surface area contributed by atoms with Gasteiger partial charge in [0, 0.05) is 13.0 Å². The Morgan fingerprint density at radius 3 is 2.77 bits per heavy atom. The molecule has 136 valence electrons. The van der Waals surface area contributed by atoms with Gasteiger partial charge in [0.15, 0.2) is 16.2 Å². The number of nitrogens with one attached hydrogen (secondary N) is 1. The standard InChI is InChI=1S/C18H21BrN6O/c1-2-3-7-10-25-16-14(22-17(19)24-16)15(23-18(25)26)21-13(20)11-12-8-5-4-6-9-12/h4-6,8-9H,2-3,7,10-11H2,1H3,(H,22,24)(H2,20,21,23,26). The minimum Gasteiger partial charge on any atom is -0.387 e. The van der Waals surface area contributed by atoms with E-state index in [4.69, 9.17) is 5.73 Å². The molecule has 2 aromatic heterocycles. The van der Waals surface area contributed by atoms with Gasteiger partial charge < -0.3 is 10.7 Å². The van der Waals surface area contributed by atoms with E-state index in [1.54, 1.807) is 4.57 Å². The van der Waals surface area contributed by atoms with Crippen LogP contribution >= 0.6 is 15.9 Å². The number of rotatable bonds is 7. The fourth-order valence-corrected chi connectivity index (χ4v) is 3.13. The highest BCUT2D eigenvalue weighted by atomic mass is 79.9. The van der Waals surface area contributed by atoms with Crippen molar-refractivity contribution in [2.45, 2.75) is 39.2 Å². The average molecular weight is 417 g/mol. The summed E-state index contributed by atoms with van der Waals surface area (Å²) in [4.78, 5) is 28.4. The molecule has 0 fully saturated rings. The molecule has 0 spiro atoms. The maximum Gasteiger partial charge on any atom is 0.351 e. The molecule has 0 saturated carbocycles. The molecule has 26 heavy (non-hydrogen) atoms. The molecule has 2 heterocycles. The van der Waals surface area contributed by atoms with Gasteiger partial charge in [-0.1, -0.05) is 50.1 Å². The largest absolute Gasteiger partial charge is 0.387 e. The second-order valence-corrected chi connectivity index (χ2v) is 6.82. The van der Waals surface area contributed by atoms with Gasteiger partial charge in [-0.15, -0.1) is 0 Å². The van der Waals surface area contributed by atoms with Crippen molar-refractivity contribution in [2.24, 2.45) is 10.7 Å². The van der Waals surface area contributed by atoms with Crippen LogP contribution in [0.5, 0.6) is 0 Å². The second kappa shape index (κ2) is 8.27. The lowest BCUT2D eigenvalue weighted by molar-refractivity contribution is 0.590. The maximum atomic E-state index is 12.5. The van der Waals surface area contributed by atoms with E-state index in [2.05, 4.69) is 42.8 Å². The van der Waals surface area contributed by atoms with Crippen molar-refractivity contribution < 1.29 is 0 Å². The highest BCUT2D eigenvalue weighted by molar-refractivity contribution is 9.10. The van der Waals surface area contributed by atoms with Crippen LogP contribution in [0.25, 0.3) is 11.2 Å². The third-order valence-electron chi connectivity index (χ3n) is 4.03. The first-order valence-electron chi connectivity index (χ1n) is 8.61. The van der Waals surface area contributed by atoms with Crippen LogP contribution in [0.1, 0.15) is 31.7 Å². The van der Waals surface area contributed by atoms with Crippen molar-refractivity contribution in [3.8, 4) is 0 Å². The molecule has 0 atom stereocenters. The van der Waals surface area contributed by atoms with E-state index in [0.717, 1.165) is 24.8 Å². The predicted molar refractivity (Wildman–Crippen MR) is 107 cm³/mol. The number of H-pyrrole nitrogens is 1. The summed E-state index contributed by atoms with van der Waals surface area (Å²) in [5.41, 5.74) is 7.90. The summed E-state index contributed by atoms with van der Waals surface area (Å²) in [6.07, 6.45) is 3.51. The molecule has 0 aliphatic carbocycles. The second-order valence-electron chi connectivity index (χ2n) is 6.07. The van der Waals surface area contributed by atoms with Gasteiger partial charge in [0.05, 0.1) is 0 Å². The fourth-order valence-electron chi connectivity index (χ4n) is 2.77. The van der Waals surface area contributed by atoms with Crippen LogP contribution in [0.2, 0.25) is 0 Å². The van der Waals surface area contributed by atoms with Crippen LogP contribution in [0.15, 0.2) is 44.9 Å². The minimum atomic E-state index is -0.362. The number of nitrogens with zero attached hydrogens (tertiary/aromatic N) is 4. The molecule has 7 nitrogen and oxygen atoms in total. The third-order valence-corrected chi connectivity index (χ3v) is 4.41. The van der Waals surface area contributed by atoms with Gasteiger partial charge in [0.2, 0.25) is 0 Å². The third kappa shape index (κ3) is 4.19. The minimum absolute atomic E-state index is 0.267. The van der Waals surface area contributed by atoms with E-state index >= 15 is 0 Å². The Morgan fingerprint density at radius 2 is 2.04 bits per heavy atom. The lowest BCUT2D eigenvalue weighted by atomic mass is 10.1. The fraction of sp³-hybridized carbons (Fsp3) is 0.333. The van der Waals surface area contributed by atoms with Crippen LogP contribution in [0.3, 0.4) is 0 Å². The maximum absolute atomic E-state index is 12.5. The molecule has 0 bridgehead atoms. The van der Waals surface area contributed by atoms with Crippen LogP contribution in [-0.2, 0) is 13.0 Å². The summed E-state index contributed by atoms with van der Waals surface area (Å²) >= 11 is 3.33. The zero-order valence-corrected chi connectivity index (χ0v) is 16.2. The number of fused-ring (bicyclic) bond motifs is 1. The van der Waals surface area contributed by atoms with Crippen molar-refractivity contribution >= 4 is 38.7 Å². The van der Waals surface area contributed by atoms with E-state index in [9.17, 15) is 4.79 Å². The van der Waals surface area contributed by atoms with Crippen molar-refractivity contribution in [1.82, 2.24) is 19.5 Å². The van der Waals surface area contributed by atoms with Gasteiger partial charge in [0.1, 0.15) is 11.4 Å². The molecule has 0 aliphatic rings. The Kier molecular flexibility index (Phi) is 5.82. The van der Waals surface area contributed by atoms with E-state index in [1.807, 2.05) is 30.3 Å². The number of halogens is 1. The SMILES string of the molecule is CCCCCn1c(=O)nc(N=C(N)Cc2ccccc2)c2[nH]c(Br)nc21. The summed E-state index contributed by atoms with van der Waals surface area (Å²) in [6, 6.07) is 9.79. The van der Waals surface area contributed by atoms with Crippen molar-refractivity contribution in [3.05, 3.63) is 51.1 Å². The first-order valence-corrected chi connectivity index (χ1v) is 9.40. The van der Waals surface area contributed by atoms with Gasteiger partial charge >= 0.3 is 5.69 Å². The normalized spacial score (nSPS) is 12.0. The molecule has 3 aromatic rings. The first-order chi connectivity index (χ1) is 12.6. The lowest BCUT2D eigenvalue weighted by Gasteiger charge is -2.07. The van der Waals surface area contributed by atoms with E-state index < -0.39 is 0 Å². The number of hydrogen-bond acceptors (Lipinski definition) is 4. The lowest BCUT2D eigenvalue weighted by Crippen LogP contribution is -2.24. The summed E-state index contributed by atoms with van der Waals surface area (Å²) in [5.74, 6) is 0.655. The van der Waals surface area contributed by atoms with Crippen LogP contribution in [-0.4, -0.2) is 25.4 Å². The molecule has 0 amide bonds. The zero-order valence-electron chi connectivity index (χ0n) is 14.6. The van der Waals surface area contributed by atoms with E-state index in [0.29, 0.717) is 34.7 Å². The number of amidine groups is 1. The summed E-state index contributed by atoms with van der Waals surface area (Å²) < 4.78 is 2.11. The monoisotopic (exact) mass is 416 g/mol. The Balaban J connectivity index is 1.97. The number of benzene rings is 1. The highest BCUT2D eigenvalue weighted by Crippen LogP contribution is 2.22. The molecule has 3 rings (SSSR count). The van der Waals surface area contributed by atoms with E-state index in [1.165, 1.54) is 0 Å². The number of aromatic amines is 1. The van der Waals surface area contributed by atoms with Crippen LogP contribution in [0, 0.1) is 0 Å². The van der Waals surface area contributed by atoms with Gasteiger partial charge in [-0.05, 0) is 27.9 Å². The number of aryl methyl sites for hydroxylation is 1. The molecule has 3 N–H and O–H groups in total. The van der Waals surface area contributed by atoms with Gasteiger partial charge in [-0.25, -0.2) is 14.8 Å². The Labute approximate surface area is 159 Å². The van der Waals surface area contributed by atoms with Gasteiger partial charge in [0.25, 0.3) is 0 Å². The summed E-state index contributed by atoms with van der Waals surface area (Å²) in [6.45, 7) is 2.70. The number of imidazole rings is 1. The summed E-state index contributed by atoms with van der Waals surface area (Å²) in [5, 5.41) is 0. The predicted octanol–water partition coefficient (Wildman–Crippen LogP) is 3.30. The Hall–Kier alpha value is -2.48. The molecule has 0 radical (unpaired) electrons. The number of nitrogens with two attached hydrogens (primary N) is 1. The molecular formula is C18H21BrN6O. The molecule has 8 heteroatoms. The van der Waals surface area contributed by atoms with E-state index in [-0.39, 0.29) is 11.5 Å².